The van der Waals surface area contributed by atoms with Gasteiger partial charge in [-0.1, -0.05) is 19.1 Å². The lowest BCUT2D eigenvalue weighted by Gasteiger charge is -2.22. The molecule has 2 N–H and O–H groups in total. The van der Waals surface area contributed by atoms with Gasteiger partial charge in [0, 0.05) is 14.1 Å². The second-order valence-corrected chi connectivity index (χ2v) is 4.66. The van der Waals surface area contributed by atoms with Crippen molar-refractivity contribution in [2.24, 2.45) is 5.73 Å². The van der Waals surface area contributed by atoms with Gasteiger partial charge in [0.05, 0.1) is 11.5 Å². The van der Waals surface area contributed by atoms with Crippen LogP contribution in [0.15, 0.2) is 0 Å². The van der Waals surface area contributed by atoms with Gasteiger partial charge >= 0.3 is 0 Å². The standard InChI is InChI=1S/C11H23N3OS/c1-4-7-14(8-5-6-10(12)16)9-11(15)13(2)3/h4-9H2,1-3H3,(H2,12,16). The van der Waals surface area contributed by atoms with Gasteiger partial charge in [0.15, 0.2) is 0 Å². The molecule has 1 amide bonds. The van der Waals surface area contributed by atoms with Gasteiger partial charge in [0.2, 0.25) is 5.91 Å². The maximum atomic E-state index is 11.6. The quantitative estimate of drug-likeness (QED) is 0.644. The van der Waals surface area contributed by atoms with E-state index in [0.29, 0.717) is 11.5 Å². The predicted molar refractivity (Wildman–Crippen MR) is 71.4 cm³/mol. The highest BCUT2D eigenvalue weighted by atomic mass is 32.1. The van der Waals surface area contributed by atoms with Crippen molar-refractivity contribution in [2.75, 3.05) is 33.7 Å². The van der Waals surface area contributed by atoms with E-state index in [1.165, 1.54) is 0 Å². The molecule has 0 saturated heterocycles. The SMILES string of the molecule is CCCN(CCCC(N)=S)CC(=O)N(C)C. The summed E-state index contributed by atoms with van der Waals surface area (Å²) in [4.78, 5) is 15.9. The Hall–Kier alpha value is -0.680. The summed E-state index contributed by atoms with van der Waals surface area (Å²) in [6, 6.07) is 0. The van der Waals surface area contributed by atoms with Crippen LogP contribution in [0.25, 0.3) is 0 Å². The largest absolute Gasteiger partial charge is 0.393 e. The molecule has 0 aromatic rings. The van der Waals surface area contributed by atoms with Gasteiger partial charge in [-0.3, -0.25) is 9.69 Å². The highest BCUT2D eigenvalue weighted by Crippen LogP contribution is 1.98. The first-order chi connectivity index (χ1) is 7.47. The highest BCUT2D eigenvalue weighted by Gasteiger charge is 2.11. The van der Waals surface area contributed by atoms with Crippen LogP contribution in [0.4, 0.5) is 0 Å². The third-order valence-electron chi connectivity index (χ3n) is 2.30. The summed E-state index contributed by atoms with van der Waals surface area (Å²) in [5.74, 6) is 0.142. The van der Waals surface area contributed by atoms with Gasteiger partial charge in [-0.15, -0.1) is 0 Å². The maximum Gasteiger partial charge on any atom is 0.236 e. The molecule has 0 radical (unpaired) electrons. The third kappa shape index (κ3) is 7.59. The molecule has 4 nitrogen and oxygen atoms in total. The molecular weight excluding hydrogens is 222 g/mol. The second-order valence-electron chi connectivity index (χ2n) is 4.13. The number of rotatable bonds is 8. The molecule has 0 rings (SSSR count). The molecule has 0 aliphatic heterocycles. The lowest BCUT2D eigenvalue weighted by molar-refractivity contribution is -0.129. The molecule has 16 heavy (non-hydrogen) atoms. The van der Waals surface area contributed by atoms with Gasteiger partial charge in [-0.25, -0.2) is 0 Å². The summed E-state index contributed by atoms with van der Waals surface area (Å²) in [6.07, 6.45) is 2.73. The van der Waals surface area contributed by atoms with Crippen molar-refractivity contribution in [3.8, 4) is 0 Å². The fourth-order valence-electron chi connectivity index (χ4n) is 1.40. The number of likely N-dealkylation sites (N-methyl/N-ethyl adjacent to an activating group) is 1. The third-order valence-corrected chi connectivity index (χ3v) is 2.50. The molecule has 5 heteroatoms. The van der Waals surface area contributed by atoms with Crippen LogP contribution in [0, 0.1) is 0 Å². The summed E-state index contributed by atoms with van der Waals surface area (Å²) in [6.45, 7) is 4.42. The summed E-state index contributed by atoms with van der Waals surface area (Å²) in [7, 11) is 3.56. The molecule has 0 heterocycles. The zero-order valence-electron chi connectivity index (χ0n) is 10.5. The maximum absolute atomic E-state index is 11.6. The predicted octanol–water partition coefficient (Wildman–Crippen LogP) is 0.853. The summed E-state index contributed by atoms with van der Waals surface area (Å²) in [5.41, 5.74) is 5.44. The molecule has 0 bridgehead atoms. The number of carbonyl (C=O) groups excluding carboxylic acids is 1. The zero-order valence-corrected chi connectivity index (χ0v) is 11.3. The molecule has 0 saturated carbocycles. The van der Waals surface area contributed by atoms with Crippen LogP contribution < -0.4 is 5.73 Å². The molecule has 0 fully saturated rings. The van der Waals surface area contributed by atoms with Crippen molar-refractivity contribution in [1.82, 2.24) is 9.80 Å². The minimum atomic E-state index is 0.142. The first kappa shape index (κ1) is 15.3. The van der Waals surface area contributed by atoms with E-state index in [1.54, 1.807) is 19.0 Å². The van der Waals surface area contributed by atoms with Crippen molar-refractivity contribution >= 4 is 23.1 Å². The van der Waals surface area contributed by atoms with E-state index in [4.69, 9.17) is 18.0 Å². The van der Waals surface area contributed by atoms with E-state index in [2.05, 4.69) is 11.8 Å². The van der Waals surface area contributed by atoms with Crippen molar-refractivity contribution in [1.29, 1.82) is 0 Å². The Morgan fingerprint density at radius 1 is 1.31 bits per heavy atom. The van der Waals surface area contributed by atoms with Crippen LogP contribution in [-0.2, 0) is 4.79 Å². The topological polar surface area (TPSA) is 49.6 Å². The van der Waals surface area contributed by atoms with E-state index >= 15 is 0 Å². The summed E-state index contributed by atoms with van der Waals surface area (Å²) < 4.78 is 0. The number of hydrogen-bond donors (Lipinski definition) is 1. The van der Waals surface area contributed by atoms with E-state index in [9.17, 15) is 4.79 Å². The molecule has 94 valence electrons. The van der Waals surface area contributed by atoms with Gasteiger partial charge in [-0.2, -0.15) is 0 Å². The van der Waals surface area contributed by atoms with Crippen LogP contribution in [-0.4, -0.2) is 54.4 Å². The van der Waals surface area contributed by atoms with Crippen molar-refractivity contribution in [3.63, 3.8) is 0 Å². The molecule has 0 atom stereocenters. The Balaban J connectivity index is 3.96. The van der Waals surface area contributed by atoms with Crippen molar-refractivity contribution in [2.45, 2.75) is 26.2 Å². The number of thiocarbonyl (C=S) groups is 1. The smallest absolute Gasteiger partial charge is 0.236 e. The van der Waals surface area contributed by atoms with Crippen LogP contribution in [0.5, 0.6) is 0 Å². The Kier molecular flexibility index (Phi) is 8.11. The molecule has 0 aromatic carbocycles. The number of amides is 1. The number of hydrogen-bond acceptors (Lipinski definition) is 3. The van der Waals surface area contributed by atoms with Crippen LogP contribution in [0.3, 0.4) is 0 Å². The normalized spacial score (nSPS) is 10.5. The monoisotopic (exact) mass is 245 g/mol. The van der Waals surface area contributed by atoms with Gasteiger partial charge in [0.1, 0.15) is 0 Å². The average Bonchev–Trinajstić information content (AvgIpc) is 2.17. The van der Waals surface area contributed by atoms with Gasteiger partial charge in [-0.05, 0) is 32.4 Å². The Bertz CT molecular complexity index is 231. The number of nitrogens with two attached hydrogens (primary N) is 1. The Labute approximate surface area is 104 Å². The van der Waals surface area contributed by atoms with E-state index in [-0.39, 0.29) is 5.91 Å². The number of nitrogens with zero attached hydrogens (tertiary/aromatic N) is 2. The average molecular weight is 245 g/mol. The van der Waals surface area contributed by atoms with Crippen LogP contribution >= 0.6 is 12.2 Å². The molecule has 0 aliphatic carbocycles. The van der Waals surface area contributed by atoms with E-state index in [1.807, 2.05) is 0 Å². The fourth-order valence-corrected chi connectivity index (χ4v) is 1.54. The van der Waals surface area contributed by atoms with Crippen LogP contribution in [0.1, 0.15) is 26.2 Å². The van der Waals surface area contributed by atoms with Crippen molar-refractivity contribution < 1.29 is 4.79 Å². The minimum absolute atomic E-state index is 0.142. The van der Waals surface area contributed by atoms with Crippen molar-refractivity contribution in [3.05, 3.63) is 0 Å². The molecule has 0 aliphatic rings. The molecule has 0 aromatic heterocycles. The zero-order chi connectivity index (χ0) is 12.6. The molecular formula is C11H23N3OS. The first-order valence-electron chi connectivity index (χ1n) is 5.68. The van der Waals surface area contributed by atoms with E-state index < -0.39 is 0 Å². The van der Waals surface area contributed by atoms with E-state index in [0.717, 1.165) is 32.4 Å². The lowest BCUT2D eigenvalue weighted by Crippen LogP contribution is -2.37. The Morgan fingerprint density at radius 3 is 2.38 bits per heavy atom. The molecule has 0 spiro atoms. The molecule has 0 unspecified atom stereocenters. The highest BCUT2D eigenvalue weighted by molar-refractivity contribution is 7.80. The lowest BCUT2D eigenvalue weighted by atomic mass is 10.2. The van der Waals surface area contributed by atoms with Gasteiger partial charge < -0.3 is 10.6 Å². The fraction of sp³-hybridized carbons (Fsp3) is 0.818. The second kappa shape index (κ2) is 8.47. The summed E-state index contributed by atoms with van der Waals surface area (Å²) in [5, 5.41) is 0. The summed E-state index contributed by atoms with van der Waals surface area (Å²) >= 11 is 4.83. The van der Waals surface area contributed by atoms with Gasteiger partial charge in [0.25, 0.3) is 0 Å². The minimum Gasteiger partial charge on any atom is -0.393 e. The first-order valence-corrected chi connectivity index (χ1v) is 6.09. The van der Waals surface area contributed by atoms with Crippen LogP contribution in [0.2, 0.25) is 0 Å². The Morgan fingerprint density at radius 2 is 1.94 bits per heavy atom. The number of carbonyl (C=O) groups is 1.